The Balaban J connectivity index is 2.64. The molecule has 0 saturated heterocycles. The van der Waals surface area contributed by atoms with Gasteiger partial charge in [-0.25, -0.2) is 0 Å². The maximum absolute atomic E-state index is 9.05. The van der Waals surface area contributed by atoms with Crippen molar-refractivity contribution in [3.63, 3.8) is 0 Å². The molecule has 0 heterocycles. The van der Waals surface area contributed by atoms with Crippen molar-refractivity contribution in [2.75, 3.05) is 38.1 Å². The molecule has 0 amide bonds. The first-order chi connectivity index (χ1) is 8.22. The summed E-state index contributed by atoms with van der Waals surface area (Å²) in [5, 5.41) is 9.05. The van der Waals surface area contributed by atoms with Crippen LogP contribution in [0.4, 0.5) is 5.69 Å². The van der Waals surface area contributed by atoms with Gasteiger partial charge in [0, 0.05) is 20.1 Å². The monoisotopic (exact) mass is 231 g/mol. The molecule has 0 bridgehead atoms. The summed E-state index contributed by atoms with van der Waals surface area (Å²) in [6.45, 7) is 8.47. The highest BCUT2D eigenvalue weighted by Crippen LogP contribution is 2.17. The van der Waals surface area contributed by atoms with Crippen LogP contribution in [0.5, 0.6) is 0 Å². The molecule has 3 heteroatoms. The quantitative estimate of drug-likeness (QED) is 0.753. The summed E-state index contributed by atoms with van der Waals surface area (Å²) < 4.78 is 0. The summed E-state index contributed by atoms with van der Waals surface area (Å²) in [7, 11) is 2.04. The molecule has 0 radical (unpaired) electrons. The number of hydrogen-bond donors (Lipinski definition) is 0. The molecule has 3 nitrogen and oxygen atoms in total. The molecule has 0 N–H and O–H groups in total. The first kappa shape index (κ1) is 13.5. The Bertz CT molecular complexity index is 377. The predicted octanol–water partition coefficient (Wildman–Crippen LogP) is 2.34. The molecule has 1 aromatic carbocycles. The molecule has 0 aliphatic heterocycles. The Morgan fingerprint density at radius 2 is 1.76 bits per heavy atom. The maximum Gasteiger partial charge on any atom is 0.101 e. The Morgan fingerprint density at radius 1 is 1.12 bits per heavy atom. The van der Waals surface area contributed by atoms with E-state index in [0.29, 0.717) is 0 Å². The van der Waals surface area contributed by atoms with Crippen LogP contribution in [0.15, 0.2) is 24.3 Å². The summed E-state index contributed by atoms with van der Waals surface area (Å²) in [4.78, 5) is 4.53. The van der Waals surface area contributed by atoms with E-state index < -0.39 is 0 Å². The lowest BCUT2D eigenvalue weighted by atomic mass is 10.2. The van der Waals surface area contributed by atoms with Gasteiger partial charge in [0.05, 0.1) is 11.3 Å². The van der Waals surface area contributed by atoms with Crippen molar-refractivity contribution in [3.8, 4) is 6.07 Å². The van der Waals surface area contributed by atoms with E-state index in [2.05, 4.69) is 29.7 Å². The minimum atomic E-state index is 0.745. The highest BCUT2D eigenvalue weighted by Gasteiger charge is 2.07. The maximum atomic E-state index is 9.05. The third-order valence-corrected chi connectivity index (χ3v) is 3.08. The topological polar surface area (TPSA) is 30.3 Å². The molecule has 0 aromatic heterocycles. The van der Waals surface area contributed by atoms with Crippen LogP contribution in [-0.4, -0.2) is 38.1 Å². The van der Waals surface area contributed by atoms with Crippen molar-refractivity contribution in [2.24, 2.45) is 0 Å². The second-order valence-corrected chi connectivity index (χ2v) is 4.08. The molecule has 1 rings (SSSR count). The Kier molecular flexibility index (Phi) is 5.51. The van der Waals surface area contributed by atoms with Gasteiger partial charge in [-0.3, -0.25) is 0 Å². The molecule has 0 spiro atoms. The van der Waals surface area contributed by atoms with Crippen molar-refractivity contribution in [3.05, 3.63) is 29.8 Å². The number of anilines is 1. The molecule has 0 saturated carbocycles. The predicted molar refractivity (Wildman–Crippen MR) is 72.2 cm³/mol. The number of hydrogen-bond acceptors (Lipinski definition) is 3. The SMILES string of the molecule is CCN(CC)CCN(C)c1ccccc1C#N. The number of para-hydroxylation sites is 1. The summed E-state index contributed by atoms with van der Waals surface area (Å²) in [5.41, 5.74) is 1.76. The largest absolute Gasteiger partial charge is 0.372 e. The first-order valence-corrected chi connectivity index (χ1v) is 6.15. The lowest BCUT2D eigenvalue weighted by molar-refractivity contribution is 0.311. The Labute approximate surface area is 104 Å². The van der Waals surface area contributed by atoms with E-state index in [1.54, 1.807) is 0 Å². The molecular weight excluding hydrogens is 210 g/mol. The number of benzene rings is 1. The second kappa shape index (κ2) is 6.93. The zero-order valence-electron chi connectivity index (χ0n) is 11.0. The van der Waals surface area contributed by atoms with Crippen LogP contribution in [0.3, 0.4) is 0 Å². The van der Waals surface area contributed by atoms with Gasteiger partial charge in [0.2, 0.25) is 0 Å². The van der Waals surface area contributed by atoms with Crippen LogP contribution in [0.1, 0.15) is 19.4 Å². The Morgan fingerprint density at radius 3 is 2.35 bits per heavy atom. The minimum Gasteiger partial charge on any atom is -0.372 e. The number of nitriles is 1. The fourth-order valence-electron chi connectivity index (χ4n) is 1.85. The molecule has 0 unspecified atom stereocenters. The van der Waals surface area contributed by atoms with Gasteiger partial charge in [-0.15, -0.1) is 0 Å². The van der Waals surface area contributed by atoms with E-state index in [0.717, 1.165) is 37.4 Å². The van der Waals surface area contributed by atoms with E-state index in [-0.39, 0.29) is 0 Å². The highest BCUT2D eigenvalue weighted by atomic mass is 15.2. The van der Waals surface area contributed by atoms with Gasteiger partial charge in [-0.2, -0.15) is 5.26 Å². The molecule has 17 heavy (non-hydrogen) atoms. The van der Waals surface area contributed by atoms with E-state index in [1.807, 2.05) is 31.3 Å². The zero-order chi connectivity index (χ0) is 12.7. The third-order valence-electron chi connectivity index (χ3n) is 3.08. The average Bonchev–Trinajstić information content (AvgIpc) is 2.39. The van der Waals surface area contributed by atoms with E-state index in [4.69, 9.17) is 5.26 Å². The van der Waals surface area contributed by atoms with Gasteiger partial charge in [0.1, 0.15) is 6.07 Å². The van der Waals surface area contributed by atoms with Crippen molar-refractivity contribution in [2.45, 2.75) is 13.8 Å². The van der Waals surface area contributed by atoms with Crippen molar-refractivity contribution in [1.29, 1.82) is 5.26 Å². The van der Waals surface area contributed by atoms with Gasteiger partial charge in [-0.05, 0) is 25.2 Å². The zero-order valence-corrected chi connectivity index (χ0v) is 11.0. The fraction of sp³-hybridized carbons (Fsp3) is 0.500. The smallest absolute Gasteiger partial charge is 0.101 e. The second-order valence-electron chi connectivity index (χ2n) is 4.08. The van der Waals surface area contributed by atoms with Gasteiger partial charge in [0.25, 0.3) is 0 Å². The van der Waals surface area contributed by atoms with Gasteiger partial charge >= 0.3 is 0 Å². The molecular formula is C14H21N3. The van der Waals surface area contributed by atoms with Gasteiger partial charge in [0.15, 0.2) is 0 Å². The van der Waals surface area contributed by atoms with E-state index >= 15 is 0 Å². The Hall–Kier alpha value is -1.53. The van der Waals surface area contributed by atoms with Crippen molar-refractivity contribution < 1.29 is 0 Å². The first-order valence-electron chi connectivity index (χ1n) is 6.15. The molecule has 0 atom stereocenters. The van der Waals surface area contributed by atoms with Crippen LogP contribution in [-0.2, 0) is 0 Å². The van der Waals surface area contributed by atoms with E-state index in [9.17, 15) is 0 Å². The van der Waals surface area contributed by atoms with Crippen LogP contribution in [0.2, 0.25) is 0 Å². The van der Waals surface area contributed by atoms with Crippen molar-refractivity contribution >= 4 is 5.69 Å². The third kappa shape index (κ3) is 3.76. The average molecular weight is 231 g/mol. The highest BCUT2D eigenvalue weighted by molar-refractivity contribution is 5.58. The fourth-order valence-corrected chi connectivity index (χ4v) is 1.85. The van der Waals surface area contributed by atoms with Crippen LogP contribution < -0.4 is 4.90 Å². The molecule has 0 aliphatic carbocycles. The summed E-state index contributed by atoms with van der Waals surface area (Å²) in [5.74, 6) is 0. The number of nitrogens with zero attached hydrogens (tertiary/aromatic N) is 3. The lowest BCUT2D eigenvalue weighted by Gasteiger charge is -2.25. The molecule has 0 aliphatic rings. The number of likely N-dealkylation sites (N-methyl/N-ethyl adjacent to an activating group) is 2. The van der Waals surface area contributed by atoms with Crippen molar-refractivity contribution in [1.82, 2.24) is 4.90 Å². The summed E-state index contributed by atoms with van der Waals surface area (Å²) in [6, 6.07) is 9.98. The van der Waals surface area contributed by atoms with Crippen LogP contribution in [0, 0.1) is 11.3 Å². The molecule has 0 fully saturated rings. The number of rotatable bonds is 6. The van der Waals surface area contributed by atoms with Gasteiger partial charge in [-0.1, -0.05) is 26.0 Å². The minimum absolute atomic E-state index is 0.745. The normalized spacial score (nSPS) is 10.3. The summed E-state index contributed by atoms with van der Waals surface area (Å²) >= 11 is 0. The van der Waals surface area contributed by atoms with Crippen LogP contribution >= 0.6 is 0 Å². The van der Waals surface area contributed by atoms with E-state index in [1.165, 1.54) is 0 Å². The van der Waals surface area contributed by atoms with Gasteiger partial charge < -0.3 is 9.80 Å². The lowest BCUT2D eigenvalue weighted by Crippen LogP contribution is -2.33. The summed E-state index contributed by atoms with van der Waals surface area (Å²) in [6.07, 6.45) is 0. The molecule has 1 aromatic rings. The molecule has 92 valence electrons. The standard InChI is InChI=1S/C14H21N3/c1-4-17(5-2)11-10-16(3)14-9-7-6-8-13(14)12-15/h6-9H,4-5,10-11H2,1-3H3. The van der Waals surface area contributed by atoms with Crippen LogP contribution in [0.25, 0.3) is 0 Å².